The number of aromatic nitrogens is 4. The van der Waals surface area contributed by atoms with E-state index in [1.54, 1.807) is 0 Å². The molecule has 1 saturated carbocycles. The maximum absolute atomic E-state index is 10.2. The number of nitrogens with zero attached hydrogens (tertiary/aromatic N) is 5. The van der Waals surface area contributed by atoms with Crippen LogP contribution in [-0.2, 0) is 4.74 Å². The lowest BCUT2D eigenvalue weighted by atomic mass is 10.1. The van der Waals surface area contributed by atoms with Gasteiger partial charge in [-0.3, -0.25) is 4.57 Å². The number of aliphatic hydroxyl groups is 3. The fourth-order valence-corrected chi connectivity index (χ4v) is 3.51. The summed E-state index contributed by atoms with van der Waals surface area (Å²) in [5.74, 6) is 0.954. The Morgan fingerprint density at radius 3 is 2.72 bits per heavy atom. The van der Waals surface area contributed by atoms with Gasteiger partial charge < -0.3 is 20.1 Å². The summed E-state index contributed by atoms with van der Waals surface area (Å²) >= 11 is 0. The SMILES string of the molecule is OC[C@H]1O[C@@H](n2cnc3c(N=CC4CCCC4)ncnc32)[C@@H](O)C1O. The Balaban J connectivity index is 1.65. The zero-order valence-corrected chi connectivity index (χ0v) is 13.6. The summed E-state index contributed by atoms with van der Waals surface area (Å²) < 4.78 is 7.08. The van der Waals surface area contributed by atoms with E-state index in [2.05, 4.69) is 19.9 Å². The number of aliphatic hydroxyl groups excluding tert-OH is 3. The van der Waals surface area contributed by atoms with Crippen LogP contribution in [0.2, 0.25) is 0 Å². The highest BCUT2D eigenvalue weighted by Crippen LogP contribution is 2.32. The van der Waals surface area contributed by atoms with E-state index in [4.69, 9.17) is 4.74 Å². The molecule has 2 aliphatic rings. The maximum atomic E-state index is 10.2. The van der Waals surface area contributed by atoms with Gasteiger partial charge in [0, 0.05) is 6.21 Å². The molecule has 1 aliphatic heterocycles. The summed E-state index contributed by atoms with van der Waals surface area (Å²) in [6.45, 7) is -0.382. The van der Waals surface area contributed by atoms with Gasteiger partial charge in [-0.05, 0) is 18.8 Å². The largest absolute Gasteiger partial charge is 0.394 e. The van der Waals surface area contributed by atoms with Gasteiger partial charge in [-0.25, -0.2) is 19.9 Å². The number of rotatable bonds is 4. The second-order valence-electron chi connectivity index (χ2n) is 6.57. The molecule has 4 atom stereocenters. The highest BCUT2D eigenvalue weighted by Gasteiger charge is 2.44. The van der Waals surface area contributed by atoms with Gasteiger partial charge in [0.25, 0.3) is 0 Å². The van der Waals surface area contributed by atoms with Gasteiger partial charge in [-0.15, -0.1) is 0 Å². The van der Waals surface area contributed by atoms with Crippen molar-refractivity contribution < 1.29 is 20.1 Å². The normalized spacial score (nSPS) is 30.8. The Bertz CT molecular complexity index is 773. The van der Waals surface area contributed by atoms with Gasteiger partial charge in [0.15, 0.2) is 23.2 Å². The van der Waals surface area contributed by atoms with Crippen LogP contribution in [0.1, 0.15) is 31.9 Å². The molecule has 1 unspecified atom stereocenters. The minimum Gasteiger partial charge on any atom is -0.394 e. The topological polar surface area (TPSA) is 126 Å². The molecule has 134 valence electrons. The van der Waals surface area contributed by atoms with E-state index in [-0.39, 0.29) is 6.61 Å². The first-order valence-electron chi connectivity index (χ1n) is 8.53. The minimum atomic E-state index is -1.19. The number of hydrogen-bond donors (Lipinski definition) is 3. The van der Waals surface area contributed by atoms with E-state index >= 15 is 0 Å². The van der Waals surface area contributed by atoms with E-state index in [0.29, 0.717) is 22.9 Å². The van der Waals surface area contributed by atoms with Crippen molar-refractivity contribution in [1.82, 2.24) is 19.5 Å². The highest BCUT2D eigenvalue weighted by molar-refractivity contribution is 5.83. The van der Waals surface area contributed by atoms with Crippen LogP contribution in [0.3, 0.4) is 0 Å². The smallest absolute Gasteiger partial charge is 0.183 e. The second kappa shape index (κ2) is 6.75. The Morgan fingerprint density at radius 1 is 1.20 bits per heavy atom. The zero-order chi connectivity index (χ0) is 17.4. The Labute approximate surface area is 144 Å². The van der Waals surface area contributed by atoms with Crippen molar-refractivity contribution in [2.45, 2.75) is 50.2 Å². The van der Waals surface area contributed by atoms with E-state index in [9.17, 15) is 15.3 Å². The van der Waals surface area contributed by atoms with Gasteiger partial charge in [0.05, 0.1) is 12.9 Å². The van der Waals surface area contributed by atoms with Crippen molar-refractivity contribution in [3.8, 4) is 0 Å². The van der Waals surface area contributed by atoms with E-state index in [1.807, 2.05) is 6.21 Å². The Kier molecular flexibility index (Phi) is 4.46. The fourth-order valence-electron chi connectivity index (χ4n) is 3.51. The average Bonchev–Trinajstić information content (AvgIpc) is 3.34. The van der Waals surface area contributed by atoms with Crippen molar-refractivity contribution in [3.63, 3.8) is 0 Å². The van der Waals surface area contributed by atoms with Crippen LogP contribution in [0.5, 0.6) is 0 Å². The van der Waals surface area contributed by atoms with E-state index < -0.39 is 24.5 Å². The van der Waals surface area contributed by atoms with E-state index in [0.717, 1.165) is 12.8 Å². The number of ether oxygens (including phenoxy) is 1. The summed E-state index contributed by atoms with van der Waals surface area (Å²) in [5.41, 5.74) is 0.970. The monoisotopic (exact) mass is 347 g/mol. The molecule has 2 fully saturated rings. The minimum absolute atomic E-state index is 0.382. The molecule has 1 aliphatic carbocycles. The molecule has 0 aromatic carbocycles. The number of fused-ring (bicyclic) bond motifs is 1. The molecule has 0 amide bonds. The van der Waals surface area contributed by atoms with E-state index in [1.165, 1.54) is 30.1 Å². The van der Waals surface area contributed by atoms with Crippen molar-refractivity contribution in [1.29, 1.82) is 0 Å². The van der Waals surface area contributed by atoms with Crippen LogP contribution >= 0.6 is 0 Å². The molecule has 2 aromatic heterocycles. The predicted molar refractivity (Wildman–Crippen MR) is 88.4 cm³/mol. The molecule has 0 bridgehead atoms. The molecule has 25 heavy (non-hydrogen) atoms. The number of aliphatic imine (C=N–C) groups is 1. The second-order valence-corrected chi connectivity index (χ2v) is 6.57. The van der Waals surface area contributed by atoms with Gasteiger partial charge in [0.1, 0.15) is 24.6 Å². The Morgan fingerprint density at radius 2 is 2.00 bits per heavy atom. The van der Waals surface area contributed by atoms with Gasteiger partial charge >= 0.3 is 0 Å². The molecule has 9 heteroatoms. The fraction of sp³-hybridized carbons (Fsp3) is 0.625. The highest BCUT2D eigenvalue weighted by atomic mass is 16.6. The average molecular weight is 347 g/mol. The predicted octanol–water partition coefficient (Wildman–Crippen LogP) is 0.330. The van der Waals surface area contributed by atoms with Crippen molar-refractivity contribution in [2.24, 2.45) is 10.9 Å². The van der Waals surface area contributed by atoms with Crippen molar-refractivity contribution >= 4 is 23.2 Å². The molecule has 3 N–H and O–H groups in total. The molecule has 1 saturated heterocycles. The first-order chi connectivity index (χ1) is 12.2. The van der Waals surface area contributed by atoms with Crippen LogP contribution < -0.4 is 0 Å². The van der Waals surface area contributed by atoms with Gasteiger partial charge in [0.2, 0.25) is 0 Å². The van der Waals surface area contributed by atoms with Crippen molar-refractivity contribution in [3.05, 3.63) is 12.7 Å². The zero-order valence-electron chi connectivity index (χ0n) is 13.6. The molecule has 0 radical (unpaired) electrons. The molecule has 4 rings (SSSR count). The van der Waals surface area contributed by atoms with Crippen LogP contribution in [0.4, 0.5) is 5.82 Å². The summed E-state index contributed by atoms with van der Waals surface area (Å²) in [4.78, 5) is 17.2. The Hall–Kier alpha value is -1.94. The molecular weight excluding hydrogens is 326 g/mol. The third-order valence-corrected chi connectivity index (χ3v) is 4.94. The van der Waals surface area contributed by atoms with Crippen LogP contribution in [0.25, 0.3) is 11.2 Å². The third kappa shape index (κ3) is 2.93. The molecular formula is C16H21N5O4. The molecule has 9 nitrogen and oxygen atoms in total. The molecule has 0 spiro atoms. The molecule has 2 aromatic rings. The van der Waals surface area contributed by atoms with Crippen molar-refractivity contribution in [2.75, 3.05) is 6.61 Å². The molecule has 3 heterocycles. The number of hydrogen-bond acceptors (Lipinski definition) is 8. The third-order valence-electron chi connectivity index (χ3n) is 4.94. The van der Waals surface area contributed by atoms with Gasteiger partial charge in [-0.1, -0.05) is 12.8 Å². The summed E-state index contributed by atoms with van der Waals surface area (Å²) in [6, 6.07) is 0. The van der Waals surface area contributed by atoms with Crippen LogP contribution in [-0.4, -0.2) is 66.0 Å². The lowest BCUT2D eigenvalue weighted by Crippen LogP contribution is -2.33. The maximum Gasteiger partial charge on any atom is 0.183 e. The number of imidazole rings is 1. The lowest BCUT2D eigenvalue weighted by molar-refractivity contribution is -0.0511. The quantitative estimate of drug-likeness (QED) is 0.680. The summed E-state index contributed by atoms with van der Waals surface area (Å²) in [5, 5.41) is 29.4. The first-order valence-corrected chi connectivity index (χ1v) is 8.53. The standard InChI is InChI=1S/C16H21N5O4/c22-6-10-12(23)13(24)16(25-10)21-8-20-11-14(18-7-19-15(11)21)17-5-9-3-1-2-4-9/h5,7-10,12-13,16,22-24H,1-4,6H2/t10-,12?,13+,16-/m1/s1. The summed E-state index contributed by atoms with van der Waals surface area (Å²) in [6.07, 6.45) is 5.48. The van der Waals surface area contributed by atoms with Gasteiger partial charge in [-0.2, -0.15) is 0 Å². The first kappa shape index (κ1) is 16.5. The summed E-state index contributed by atoms with van der Waals surface area (Å²) in [7, 11) is 0. The van der Waals surface area contributed by atoms with Crippen LogP contribution in [0.15, 0.2) is 17.6 Å². The van der Waals surface area contributed by atoms with Crippen LogP contribution in [0, 0.1) is 5.92 Å². The lowest BCUT2D eigenvalue weighted by Gasteiger charge is -2.16.